The molecule has 0 aromatic heterocycles. The maximum Gasteiger partial charge on any atom is 0.257 e. The molecule has 1 amide bonds. The molecule has 0 bridgehead atoms. The van der Waals surface area contributed by atoms with Crippen LogP contribution in [0.2, 0.25) is 10.0 Å². The summed E-state index contributed by atoms with van der Waals surface area (Å²) in [6.07, 6.45) is 0. The minimum atomic E-state index is -0.117. The first-order valence-corrected chi connectivity index (χ1v) is 10.4. The highest BCUT2D eigenvalue weighted by Crippen LogP contribution is 2.26. The van der Waals surface area contributed by atoms with E-state index in [1.165, 1.54) is 0 Å². The molecule has 0 unspecified atom stereocenters. The zero-order valence-electron chi connectivity index (χ0n) is 14.9. The Bertz CT molecular complexity index is 738. The summed E-state index contributed by atoms with van der Waals surface area (Å²) in [6.45, 7) is 4.82. The molecule has 0 atom stereocenters. The first-order chi connectivity index (χ1) is 12.5. The number of para-hydroxylation sites is 1. The number of hydrogen-bond donors (Lipinski definition) is 1. The molecular weight excluding hydrogens is 389 g/mol. The van der Waals surface area contributed by atoms with Gasteiger partial charge in [-0.25, -0.2) is 0 Å². The number of rotatable bonds is 9. The molecule has 0 heterocycles. The Morgan fingerprint density at radius 2 is 1.96 bits per heavy atom. The number of amides is 1. The van der Waals surface area contributed by atoms with Gasteiger partial charge in [-0.3, -0.25) is 4.79 Å². The predicted octanol–water partition coefficient (Wildman–Crippen LogP) is 5.55. The van der Waals surface area contributed by atoms with Crippen molar-refractivity contribution in [3.05, 3.63) is 63.6 Å². The summed E-state index contributed by atoms with van der Waals surface area (Å²) in [6, 6.07) is 13.3. The predicted molar refractivity (Wildman–Crippen MR) is 112 cm³/mol. The van der Waals surface area contributed by atoms with Crippen molar-refractivity contribution in [1.82, 2.24) is 5.32 Å². The zero-order chi connectivity index (χ0) is 18.9. The number of carbonyl (C=O) groups is 1. The van der Waals surface area contributed by atoms with E-state index in [1.807, 2.05) is 36.4 Å². The van der Waals surface area contributed by atoms with Gasteiger partial charge in [-0.2, -0.15) is 11.8 Å². The van der Waals surface area contributed by atoms with Crippen molar-refractivity contribution in [2.24, 2.45) is 0 Å². The van der Waals surface area contributed by atoms with Crippen molar-refractivity contribution >= 4 is 40.9 Å². The lowest BCUT2D eigenvalue weighted by atomic mass is 10.0. The van der Waals surface area contributed by atoms with Crippen LogP contribution in [0, 0.1) is 0 Å². The molecule has 2 aromatic carbocycles. The van der Waals surface area contributed by atoms with E-state index in [4.69, 9.17) is 27.9 Å². The lowest BCUT2D eigenvalue weighted by Crippen LogP contribution is -2.30. The first kappa shape index (κ1) is 20.9. The minimum absolute atomic E-state index is 0.0252. The lowest BCUT2D eigenvalue weighted by molar-refractivity contribution is -0.122. The molecule has 140 valence electrons. The highest BCUT2D eigenvalue weighted by atomic mass is 35.5. The van der Waals surface area contributed by atoms with Crippen molar-refractivity contribution < 1.29 is 9.53 Å². The third-order valence-electron chi connectivity index (χ3n) is 3.74. The molecule has 2 aromatic rings. The topological polar surface area (TPSA) is 38.3 Å². The second-order valence-corrected chi connectivity index (χ2v) is 8.07. The summed E-state index contributed by atoms with van der Waals surface area (Å²) in [5, 5.41) is 4.18. The van der Waals surface area contributed by atoms with E-state index in [2.05, 4.69) is 19.2 Å². The Morgan fingerprint density at radius 1 is 1.19 bits per heavy atom. The molecular formula is C20H23Cl2NO2S. The van der Waals surface area contributed by atoms with Crippen LogP contribution < -0.4 is 10.1 Å². The standard InChI is InChI=1S/C20H23Cl2NO2S/c1-14(2)17-5-3-4-6-19(17)25-12-20(24)23-9-10-26-13-15-7-8-16(21)11-18(15)22/h3-8,11,14H,9-10,12-13H2,1-2H3,(H,23,24). The third kappa shape index (κ3) is 6.75. The summed E-state index contributed by atoms with van der Waals surface area (Å²) in [4.78, 5) is 11.9. The third-order valence-corrected chi connectivity index (χ3v) is 5.34. The maximum absolute atomic E-state index is 11.9. The Balaban J connectivity index is 1.66. The first-order valence-electron chi connectivity index (χ1n) is 8.47. The molecule has 1 N–H and O–H groups in total. The fraction of sp³-hybridized carbons (Fsp3) is 0.350. The van der Waals surface area contributed by atoms with Crippen molar-refractivity contribution in [2.45, 2.75) is 25.5 Å². The molecule has 0 fully saturated rings. The Morgan fingerprint density at radius 3 is 2.69 bits per heavy atom. The number of nitrogens with one attached hydrogen (secondary N) is 1. The molecule has 0 saturated heterocycles. The number of carbonyl (C=O) groups excluding carboxylic acids is 1. The van der Waals surface area contributed by atoms with Gasteiger partial charge in [0.05, 0.1) is 0 Å². The summed E-state index contributed by atoms with van der Waals surface area (Å²) in [5.41, 5.74) is 2.15. The molecule has 6 heteroatoms. The van der Waals surface area contributed by atoms with Crippen molar-refractivity contribution in [1.29, 1.82) is 0 Å². The van der Waals surface area contributed by atoms with Gasteiger partial charge < -0.3 is 10.1 Å². The fourth-order valence-corrected chi connectivity index (χ4v) is 3.78. The molecule has 0 spiro atoms. The SMILES string of the molecule is CC(C)c1ccccc1OCC(=O)NCCSCc1ccc(Cl)cc1Cl. The van der Waals surface area contributed by atoms with Crippen molar-refractivity contribution in [3.8, 4) is 5.75 Å². The normalized spacial score (nSPS) is 10.8. The summed E-state index contributed by atoms with van der Waals surface area (Å²) in [7, 11) is 0. The summed E-state index contributed by atoms with van der Waals surface area (Å²) in [5.74, 6) is 2.58. The van der Waals surface area contributed by atoms with Crippen LogP contribution in [0.25, 0.3) is 0 Å². The number of hydrogen-bond acceptors (Lipinski definition) is 3. The fourth-order valence-electron chi connectivity index (χ4n) is 2.37. The molecule has 0 radical (unpaired) electrons. The largest absolute Gasteiger partial charge is 0.483 e. The van der Waals surface area contributed by atoms with Gasteiger partial charge in [-0.05, 0) is 35.2 Å². The van der Waals surface area contributed by atoms with Crippen LogP contribution >= 0.6 is 35.0 Å². The quantitative estimate of drug-likeness (QED) is 0.549. The van der Waals surface area contributed by atoms with Gasteiger partial charge >= 0.3 is 0 Å². The van der Waals surface area contributed by atoms with E-state index in [9.17, 15) is 4.79 Å². The molecule has 0 saturated carbocycles. The average Bonchev–Trinajstić information content (AvgIpc) is 2.61. The molecule has 0 aliphatic rings. The van der Waals surface area contributed by atoms with Crippen LogP contribution in [-0.2, 0) is 10.5 Å². The number of halogens is 2. The lowest BCUT2D eigenvalue weighted by Gasteiger charge is -2.13. The summed E-state index contributed by atoms with van der Waals surface area (Å²) >= 11 is 13.7. The van der Waals surface area contributed by atoms with Gasteiger partial charge in [0.25, 0.3) is 5.91 Å². The highest BCUT2D eigenvalue weighted by Gasteiger charge is 2.09. The number of ether oxygens (including phenoxy) is 1. The Kier molecular flexibility index (Phi) is 8.63. The molecule has 26 heavy (non-hydrogen) atoms. The van der Waals surface area contributed by atoms with Gasteiger partial charge in [0, 0.05) is 28.1 Å². The van der Waals surface area contributed by atoms with E-state index in [0.29, 0.717) is 22.5 Å². The van der Waals surface area contributed by atoms with Crippen molar-refractivity contribution in [2.75, 3.05) is 18.9 Å². The summed E-state index contributed by atoms with van der Waals surface area (Å²) < 4.78 is 5.66. The van der Waals surface area contributed by atoms with Crippen LogP contribution in [0.1, 0.15) is 30.9 Å². The zero-order valence-corrected chi connectivity index (χ0v) is 17.3. The van der Waals surface area contributed by atoms with Crippen LogP contribution in [0.4, 0.5) is 0 Å². The van der Waals surface area contributed by atoms with Crippen molar-refractivity contribution in [3.63, 3.8) is 0 Å². The van der Waals surface area contributed by atoms with Crippen LogP contribution in [0.5, 0.6) is 5.75 Å². The van der Waals surface area contributed by atoms with E-state index >= 15 is 0 Å². The second kappa shape index (κ2) is 10.7. The van der Waals surface area contributed by atoms with Gasteiger partial charge in [0.15, 0.2) is 6.61 Å². The van der Waals surface area contributed by atoms with E-state index in [-0.39, 0.29) is 12.5 Å². The van der Waals surface area contributed by atoms with Gasteiger partial charge in [0.1, 0.15) is 5.75 Å². The molecule has 0 aliphatic carbocycles. The highest BCUT2D eigenvalue weighted by molar-refractivity contribution is 7.98. The number of thioether (sulfide) groups is 1. The van der Waals surface area contributed by atoms with Crippen LogP contribution in [0.15, 0.2) is 42.5 Å². The average molecular weight is 412 g/mol. The van der Waals surface area contributed by atoms with E-state index in [0.717, 1.165) is 28.4 Å². The maximum atomic E-state index is 11.9. The Hall–Kier alpha value is -1.36. The molecule has 0 aliphatic heterocycles. The monoisotopic (exact) mass is 411 g/mol. The van der Waals surface area contributed by atoms with E-state index in [1.54, 1.807) is 17.8 Å². The van der Waals surface area contributed by atoms with Gasteiger partial charge in [-0.15, -0.1) is 0 Å². The van der Waals surface area contributed by atoms with Crippen LogP contribution in [0.3, 0.4) is 0 Å². The van der Waals surface area contributed by atoms with Gasteiger partial charge in [-0.1, -0.05) is 61.3 Å². The second-order valence-electron chi connectivity index (χ2n) is 6.12. The number of benzene rings is 2. The van der Waals surface area contributed by atoms with Gasteiger partial charge in [0.2, 0.25) is 0 Å². The smallest absolute Gasteiger partial charge is 0.257 e. The van der Waals surface area contributed by atoms with Crippen LogP contribution in [-0.4, -0.2) is 24.8 Å². The van der Waals surface area contributed by atoms with E-state index < -0.39 is 0 Å². The Labute approximate surface area is 169 Å². The molecule has 2 rings (SSSR count). The minimum Gasteiger partial charge on any atom is -0.483 e. The molecule has 3 nitrogen and oxygen atoms in total.